The zero-order valence-electron chi connectivity index (χ0n) is 14.0. The van der Waals surface area contributed by atoms with Crippen LogP contribution in [0.15, 0.2) is 30.3 Å². The molecule has 2 unspecified atom stereocenters. The van der Waals surface area contributed by atoms with Gasteiger partial charge in [-0.1, -0.05) is 37.3 Å². The number of carbonyl (C=O) groups excluding carboxylic acids is 2. The molecule has 0 aromatic heterocycles. The number of hydrogen-bond acceptors (Lipinski definition) is 3. The summed E-state index contributed by atoms with van der Waals surface area (Å²) in [5, 5.41) is 2.66. The molecule has 1 aromatic rings. The molecule has 2 atom stereocenters. The number of benzene rings is 1. The first-order chi connectivity index (χ1) is 11.0. The quantitative estimate of drug-likeness (QED) is 0.868. The highest BCUT2D eigenvalue weighted by Gasteiger charge is 2.30. The SMILES string of the molecule is CNC(=O)CC1CCN(C(=O)C(C)C(N)c2ccccc2)CC1. The van der Waals surface area contributed by atoms with E-state index in [-0.39, 0.29) is 23.8 Å². The minimum absolute atomic E-state index is 0.0780. The van der Waals surface area contributed by atoms with Gasteiger partial charge in [-0.3, -0.25) is 9.59 Å². The number of nitrogens with one attached hydrogen (secondary N) is 1. The van der Waals surface area contributed by atoms with Crippen LogP contribution < -0.4 is 11.1 Å². The average molecular weight is 317 g/mol. The number of likely N-dealkylation sites (tertiary alicyclic amines) is 1. The molecular weight excluding hydrogens is 290 g/mol. The zero-order chi connectivity index (χ0) is 16.8. The van der Waals surface area contributed by atoms with Gasteiger partial charge in [0.1, 0.15) is 0 Å². The minimum atomic E-state index is -0.285. The molecule has 5 nitrogen and oxygen atoms in total. The van der Waals surface area contributed by atoms with E-state index in [4.69, 9.17) is 5.73 Å². The summed E-state index contributed by atoms with van der Waals surface area (Å²) in [5.74, 6) is 0.319. The molecule has 1 fully saturated rings. The molecule has 1 heterocycles. The normalized spacial score (nSPS) is 18.3. The molecule has 1 aliphatic rings. The van der Waals surface area contributed by atoms with Crippen molar-refractivity contribution in [3.05, 3.63) is 35.9 Å². The number of nitrogens with two attached hydrogens (primary N) is 1. The Hall–Kier alpha value is -1.88. The molecule has 2 rings (SSSR count). The molecule has 3 N–H and O–H groups in total. The highest BCUT2D eigenvalue weighted by molar-refractivity contribution is 5.79. The molecule has 126 valence electrons. The van der Waals surface area contributed by atoms with Crippen molar-refractivity contribution >= 4 is 11.8 Å². The molecule has 0 bridgehead atoms. The summed E-state index contributed by atoms with van der Waals surface area (Å²) in [6.45, 7) is 3.33. The first-order valence-corrected chi connectivity index (χ1v) is 8.32. The molecule has 5 heteroatoms. The summed E-state index contributed by atoms with van der Waals surface area (Å²) in [6.07, 6.45) is 2.32. The van der Waals surface area contributed by atoms with E-state index in [9.17, 15) is 9.59 Å². The maximum Gasteiger partial charge on any atom is 0.227 e. The van der Waals surface area contributed by atoms with Crippen molar-refractivity contribution in [1.82, 2.24) is 10.2 Å². The second kappa shape index (κ2) is 8.11. The Morgan fingerprint density at radius 1 is 1.26 bits per heavy atom. The van der Waals surface area contributed by atoms with Crippen LogP contribution in [0.3, 0.4) is 0 Å². The molecule has 1 saturated heterocycles. The third-order valence-corrected chi connectivity index (χ3v) is 4.79. The molecule has 0 spiro atoms. The van der Waals surface area contributed by atoms with Crippen molar-refractivity contribution in [1.29, 1.82) is 0 Å². The molecule has 0 radical (unpaired) electrons. The summed E-state index contributed by atoms with van der Waals surface area (Å²) in [7, 11) is 1.66. The number of carbonyl (C=O) groups is 2. The fraction of sp³-hybridized carbons (Fsp3) is 0.556. The van der Waals surface area contributed by atoms with Gasteiger partial charge in [0.25, 0.3) is 0 Å². The van der Waals surface area contributed by atoms with Crippen LogP contribution >= 0.6 is 0 Å². The Bertz CT molecular complexity index is 524. The number of rotatable bonds is 5. The Kier molecular flexibility index (Phi) is 6.16. The molecule has 0 saturated carbocycles. The largest absolute Gasteiger partial charge is 0.359 e. The van der Waals surface area contributed by atoms with E-state index in [0.29, 0.717) is 25.4 Å². The van der Waals surface area contributed by atoms with Crippen LogP contribution in [0.25, 0.3) is 0 Å². The number of amides is 2. The van der Waals surface area contributed by atoms with Crippen LogP contribution in [0.1, 0.15) is 37.8 Å². The third-order valence-electron chi connectivity index (χ3n) is 4.79. The van der Waals surface area contributed by atoms with Gasteiger partial charge < -0.3 is 16.0 Å². The average Bonchev–Trinajstić information content (AvgIpc) is 2.61. The molecule has 1 aromatic carbocycles. The summed E-state index contributed by atoms with van der Waals surface area (Å²) >= 11 is 0. The second-order valence-electron chi connectivity index (χ2n) is 6.37. The highest BCUT2D eigenvalue weighted by Crippen LogP contribution is 2.25. The Labute approximate surface area is 138 Å². The van der Waals surface area contributed by atoms with E-state index < -0.39 is 0 Å². The molecule has 0 aliphatic carbocycles. The third kappa shape index (κ3) is 4.55. The van der Waals surface area contributed by atoms with Gasteiger partial charge in [0, 0.05) is 32.6 Å². The van der Waals surface area contributed by atoms with Crippen molar-refractivity contribution in [3.8, 4) is 0 Å². The molecule has 1 aliphatic heterocycles. The van der Waals surface area contributed by atoms with E-state index in [1.807, 2.05) is 42.2 Å². The van der Waals surface area contributed by atoms with Crippen molar-refractivity contribution in [3.63, 3.8) is 0 Å². The smallest absolute Gasteiger partial charge is 0.227 e. The van der Waals surface area contributed by atoms with Crippen LogP contribution in [0.2, 0.25) is 0 Å². The fourth-order valence-electron chi connectivity index (χ4n) is 3.13. The van der Waals surface area contributed by atoms with E-state index in [1.54, 1.807) is 7.05 Å². The van der Waals surface area contributed by atoms with Gasteiger partial charge in [0.15, 0.2) is 0 Å². The molecular formula is C18H27N3O2. The van der Waals surface area contributed by atoms with E-state index in [2.05, 4.69) is 5.32 Å². The van der Waals surface area contributed by atoms with E-state index in [1.165, 1.54) is 0 Å². The highest BCUT2D eigenvalue weighted by atomic mass is 16.2. The van der Waals surface area contributed by atoms with Gasteiger partial charge in [-0.25, -0.2) is 0 Å². The lowest BCUT2D eigenvalue weighted by Crippen LogP contribution is -2.44. The lowest BCUT2D eigenvalue weighted by Gasteiger charge is -2.34. The van der Waals surface area contributed by atoms with Gasteiger partial charge in [0.05, 0.1) is 5.92 Å². The Balaban J connectivity index is 1.88. The number of piperidine rings is 1. The predicted molar refractivity (Wildman–Crippen MR) is 90.5 cm³/mol. The summed E-state index contributed by atoms with van der Waals surface area (Å²) in [5.41, 5.74) is 7.25. The van der Waals surface area contributed by atoms with Gasteiger partial charge >= 0.3 is 0 Å². The summed E-state index contributed by atoms with van der Waals surface area (Å²) in [4.78, 5) is 26.0. The Morgan fingerprint density at radius 3 is 2.43 bits per heavy atom. The summed E-state index contributed by atoms with van der Waals surface area (Å²) in [6, 6.07) is 9.47. The standard InChI is InChI=1S/C18H27N3O2/c1-13(17(19)15-6-4-3-5-7-15)18(23)21-10-8-14(9-11-21)12-16(22)20-2/h3-7,13-14,17H,8-12,19H2,1-2H3,(H,20,22). The van der Waals surface area contributed by atoms with Crippen LogP contribution in [-0.4, -0.2) is 36.9 Å². The minimum Gasteiger partial charge on any atom is -0.359 e. The Morgan fingerprint density at radius 2 is 1.87 bits per heavy atom. The van der Waals surface area contributed by atoms with Crippen LogP contribution in [0, 0.1) is 11.8 Å². The van der Waals surface area contributed by atoms with Gasteiger partial charge in [0.2, 0.25) is 11.8 Å². The van der Waals surface area contributed by atoms with E-state index in [0.717, 1.165) is 18.4 Å². The maximum atomic E-state index is 12.7. The molecule has 2 amide bonds. The second-order valence-corrected chi connectivity index (χ2v) is 6.37. The van der Waals surface area contributed by atoms with Crippen LogP contribution in [0.4, 0.5) is 0 Å². The van der Waals surface area contributed by atoms with Crippen LogP contribution in [0.5, 0.6) is 0 Å². The topological polar surface area (TPSA) is 75.4 Å². The first-order valence-electron chi connectivity index (χ1n) is 8.32. The zero-order valence-corrected chi connectivity index (χ0v) is 14.0. The van der Waals surface area contributed by atoms with Gasteiger partial charge in [-0.2, -0.15) is 0 Å². The van der Waals surface area contributed by atoms with Gasteiger partial charge in [-0.05, 0) is 24.3 Å². The van der Waals surface area contributed by atoms with Crippen molar-refractivity contribution in [2.24, 2.45) is 17.6 Å². The van der Waals surface area contributed by atoms with Crippen LogP contribution in [-0.2, 0) is 9.59 Å². The van der Waals surface area contributed by atoms with Crippen molar-refractivity contribution in [2.45, 2.75) is 32.2 Å². The fourth-order valence-corrected chi connectivity index (χ4v) is 3.13. The van der Waals surface area contributed by atoms with Crippen molar-refractivity contribution < 1.29 is 9.59 Å². The first kappa shape index (κ1) is 17.5. The van der Waals surface area contributed by atoms with E-state index >= 15 is 0 Å². The predicted octanol–water partition coefficient (Wildman–Crippen LogP) is 1.70. The molecule has 23 heavy (non-hydrogen) atoms. The maximum absolute atomic E-state index is 12.7. The summed E-state index contributed by atoms with van der Waals surface area (Å²) < 4.78 is 0. The lowest BCUT2D eigenvalue weighted by molar-refractivity contribution is -0.137. The number of nitrogens with zero attached hydrogens (tertiary/aromatic N) is 1. The van der Waals surface area contributed by atoms with Gasteiger partial charge in [-0.15, -0.1) is 0 Å². The van der Waals surface area contributed by atoms with Crippen molar-refractivity contribution in [2.75, 3.05) is 20.1 Å². The monoisotopic (exact) mass is 317 g/mol. The number of hydrogen-bond donors (Lipinski definition) is 2. The lowest BCUT2D eigenvalue weighted by atomic mass is 9.90.